The molecule has 180 valence electrons. The number of nitrogens with one attached hydrogen (secondary N) is 1. The normalized spacial score (nSPS) is 11.3. The number of sulfonamides is 1. The summed E-state index contributed by atoms with van der Waals surface area (Å²) in [5.74, 6) is 1.47. The second kappa shape index (κ2) is 11.8. The van der Waals surface area contributed by atoms with Gasteiger partial charge in [0, 0.05) is 28.6 Å². The van der Waals surface area contributed by atoms with E-state index >= 15 is 0 Å². The molecule has 0 saturated heterocycles. The fourth-order valence-electron chi connectivity index (χ4n) is 3.45. The standard InChI is InChI=1S/C26H29ClN2O3S2/c1-19-7-8-20(2)25(15-19)29(34(3,31)32)17-21-9-11-23(12-10-21)26(30)28-13-14-33-18-22-5-4-6-24(27)16-22/h4-12,15-16H,13-14,17-18H2,1-3H3,(H,28,30). The van der Waals surface area contributed by atoms with Crippen molar-refractivity contribution in [3.8, 4) is 0 Å². The van der Waals surface area contributed by atoms with E-state index in [0.717, 1.165) is 38.8 Å². The Balaban J connectivity index is 1.55. The third kappa shape index (κ3) is 7.52. The van der Waals surface area contributed by atoms with Crippen LogP contribution in [0.5, 0.6) is 0 Å². The van der Waals surface area contributed by atoms with E-state index in [4.69, 9.17) is 11.6 Å². The molecule has 1 N–H and O–H groups in total. The van der Waals surface area contributed by atoms with Crippen LogP contribution in [-0.2, 0) is 22.3 Å². The highest BCUT2D eigenvalue weighted by molar-refractivity contribution is 7.98. The van der Waals surface area contributed by atoms with Crippen LogP contribution in [0.2, 0.25) is 5.02 Å². The second-order valence-electron chi connectivity index (χ2n) is 8.19. The molecule has 8 heteroatoms. The molecule has 5 nitrogen and oxygen atoms in total. The number of nitrogens with zero attached hydrogens (tertiary/aromatic N) is 1. The number of aryl methyl sites for hydroxylation is 2. The zero-order valence-electron chi connectivity index (χ0n) is 19.5. The first-order chi connectivity index (χ1) is 16.1. The number of carbonyl (C=O) groups is 1. The maximum atomic E-state index is 12.5. The van der Waals surface area contributed by atoms with E-state index in [1.54, 1.807) is 36.0 Å². The first-order valence-electron chi connectivity index (χ1n) is 10.9. The molecule has 0 radical (unpaired) electrons. The summed E-state index contributed by atoms with van der Waals surface area (Å²) < 4.78 is 26.4. The van der Waals surface area contributed by atoms with Gasteiger partial charge in [-0.2, -0.15) is 11.8 Å². The third-order valence-corrected chi connectivity index (χ3v) is 7.66. The van der Waals surface area contributed by atoms with E-state index in [0.29, 0.717) is 17.8 Å². The summed E-state index contributed by atoms with van der Waals surface area (Å²) in [6.07, 6.45) is 1.21. The first kappa shape index (κ1) is 26.1. The van der Waals surface area contributed by atoms with Crippen molar-refractivity contribution in [1.29, 1.82) is 0 Å². The molecule has 0 aromatic heterocycles. The summed E-state index contributed by atoms with van der Waals surface area (Å²) in [6.45, 7) is 4.59. The van der Waals surface area contributed by atoms with Crippen LogP contribution in [-0.4, -0.2) is 32.9 Å². The average Bonchev–Trinajstić information content (AvgIpc) is 2.78. The van der Waals surface area contributed by atoms with Crippen molar-refractivity contribution in [2.24, 2.45) is 0 Å². The maximum absolute atomic E-state index is 12.5. The molecule has 0 aliphatic heterocycles. The van der Waals surface area contributed by atoms with E-state index in [1.807, 2.05) is 56.3 Å². The SMILES string of the molecule is Cc1ccc(C)c(N(Cc2ccc(C(=O)NCCSCc3cccc(Cl)c3)cc2)S(C)(=O)=O)c1. The molecule has 0 aliphatic rings. The molecule has 34 heavy (non-hydrogen) atoms. The van der Waals surface area contributed by atoms with Crippen molar-refractivity contribution in [1.82, 2.24) is 5.32 Å². The molecule has 0 heterocycles. The molecule has 3 aromatic carbocycles. The number of amides is 1. The number of carbonyl (C=O) groups excluding carboxylic acids is 1. The molecular weight excluding hydrogens is 488 g/mol. The fraction of sp³-hybridized carbons (Fsp3) is 0.269. The molecule has 0 fully saturated rings. The van der Waals surface area contributed by atoms with Crippen molar-refractivity contribution in [3.63, 3.8) is 0 Å². The van der Waals surface area contributed by atoms with Gasteiger partial charge in [-0.25, -0.2) is 8.42 Å². The number of hydrogen-bond acceptors (Lipinski definition) is 4. The summed E-state index contributed by atoms with van der Waals surface area (Å²) in [4.78, 5) is 12.5. The molecule has 0 unspecified atom stereocenters. The minimum absolute atomic E-state index is 0.149. The molecule has 1 amide bonds. The van der Waals surface area contributed by atoms with Crippen LogP contribution in [0, 0.1) is 13.8 Å². The third-order valence-electron chi connectivity index (χ3n) is 5.27. The summed E-state index contributed by atoms with van der Waals surface area (Å²) in [7, 11) is -3.48. The smallest absolute Gasteiger partial charge is 0.251 e. The minimum Gasteiger partial charge on any atom is -0.351 e. The summed E-state index contributed by atoms with van der Waals surface area (Å²) in [6, 6.07) is 20.6. The number of benzene rings is 3. The van der Waals surface area contributed by atoms with Crippen LogP contribution in [0.1, 0.15) is 32.6 Å². The Morgan fingerprint density at radius 2 is 1.74 bits per heavy atom. The maximum Gasteiger partial charge on any atom is 0.251 e. The van der Waals surface area contributed by atoms with Crippen molar-refractivity contribution in [2.45, 2.75) is 26.1 Å². The molecule has 3 aromatic rings. The number of halogens is 1. The first-order valence-corrected chi connectivity index (χ1v) is 14.3. The lowest BCUT2D eigenvalue weighted by Gasteiger charge is -2.25. The molecular formula is C26H29ClN2O3S2. The van der Waals surface area contributed by atoms with Gasteiger partial charge in [-0.15, -0.1) is 0 Å². The Bertz CT molecular complexity index is 1250. The lowest BCUT2D eigenvalue weighted by molar-refractivity contribution is 0.0956. The Kier molecular flexibility index (Phi) is 9.05. The highest BCUT2D eigenvalue weighted by Crippen LogP contribution is 2.26. The summed E-state index contributed by atoms with van der Waals surface area (Å²) in [5.41, 5.74) is 5.05. The van der Waals surface area contributed by atoms with Gasteiger partial charge in [-0.1, -0.05) is 48.0 Å². The summed E-state index contributed by atoms with van der Waals surface area (Å²) in [5, 5.41) is 3.65. The topological polar surface area (TPSA) is 66.5 Å². The van der Waals surface area contributed by atoms with Gasteiger partial charge in [-0.05, 0) is 66.4 Å². The number of thioether (sulfide) groups is 1. The van der Waals surface area contributed by atoms with E-state index < -0.39 is 10.0 Å². The Morgan fingerprint density at radius 3 is 2.41 bits per heavy atom. The Hall–Kier alpha value is -2.48. The van der Waals surface area contributed by atoms with Crippen molar-refractivity contribution >= 4 is 45.0 Å². The molecule has 0 aliphatic carbocycles. The quantitative estimate of drug-likeness (QED) is 0.357. The lowest BCUT2D eigenvalue weighted by Crippen LogP contribution is -2.30. The van der Waals surface area contributed by atoms with Crippen molar-refractivity contribution in [2.75, 3.05) is 22.9 Å². The van der Waals surface area contributed by atoms with E-state index in [9.17, 15) is 13.2 Å². The minimum atomic E-state index is -3.48. The van der Waals surface area contributed by atoms with E-state index in [1.165, 1.54) is 10.6 Å². The Labute approximate surface area is 211 Å². The van der Waals surface area contributed by atoms with Gasteiger partial charge >= 0.3 is 0 Å². The predicted octanol–water partition coefficient (Wildman–Crippen LogP) is 5.59. The van der Waals surface area contributed by atoms with Gasteiger partial charge in [0.25, 0.3) is 5.91 Å². The zero-order chi connectivity index (χ0) is 24.7. The average molecular weight is 517 g/mol. The molecule has 0 spiro atoms. The van der Waals surface area contributed by atoms with Gasteiger partial charge < -0.3 is 5.32 Å². The van der Waals surface area contributed by atoms with Crippen LogP contribution in [0.25, 0.3) is 0 Å². The van der Waals surface area contributed by atoms with Crippen LogP contribution >= 0.6 is 23.4 Å². The largest absolute Gasteiger partial charge is 0.351 e. The highest BCUT2D eigenvalue weighted by Gasteiger charge is 2.20. The second-order valence-corrected chi connectivity index (χ2v) is 11.6. The van der Waals surface area contributed by atoms with Crippen LogP contribution in [0.4, 0.5) is 5.69 Å². The molecule has 3 rings (SSSR count). The van der Waals surface area contributed by atoms with Gasteiger partial charge in [0.1, 0.15) is 0 Å². The fourth-order valence-corrected chi connectivity index (χ4v) is 5.41. The van der Waals surface area contributed by atoms with Gasteiger partial charge in [0.05, 0.1) is 18.5 Å². The van der Waals surface area contributed by atoms with Crippen molar-refractivity contribution in [3.05, 3.63) is 99.6 Å². The number of hydrogen-bond donors (Lipinski definition) is 1. The van der Waals surface area contributed by atoms with E-state index in [2.05, 4.69) is 5.32 Å². The van der Waals surface area contributed by atoms with Gasteiger partial charge in [0.2, 0.25) is 10.0 Å². The van der Waals surface area contributed by atoms with E-state index in [-0.39, 0.29) is 12.5 Å². The molecule has 0 saturated carbocycles. The van der Waals surface area contributed by atoms with Crippen LogP contribution in [0.15, 0.2) is 66.7 Å². The van der Waals surface area contributed by atoms with Crippen LogP contribution in [0.3, 0.4) is 0 Å². The van der Waals surface area contributed by atoms with Crippen molar-refractivity contribution < 1.29 is 13.2 Å². The van der Waals surface area contributed by atoms with Gasteiger partial charge in [-0.3, -0.25) is 9.10 Å². The molecule has 0 atom stereocenters. The van der Waals surface area contributed by atoms with Crippen LogP contribution < -0.4 is 9.62 Å². The number of anilines is 1. The lowest BCUT2D eigenvalue weighted by atomic mass is 10.1. The zero-order valence-corrected chi connectivity index (χ0v) is 21.9. The predicted molar refractivity (Wildman–Crippen MR) is 143 cm³/mol. The summed E-state index contributed by atoms with van der Waals surface area (Å²) >= 11 is 7.73. The molecule has 0 bridgehead atoms. The van der Waals surface area contributed by atoms with Gasteiger partial charge in [0.15, 0.2) is 0 Å². The number of rotatable bonds is 10. The monoisotopic (exact) mass is 516 g/mol. The highest BCUT2D eigenvalue weighted by atomic mass is 35.5. The Morgan fingerprint density at radius 1 is 1.00 bits per heavy atom.